The molecule has 0 aliphatic carbocycles. The van der Waals surface area contributed by atoms with Crippen LogP contribution in [0.25, 0.3) is 28.2 Å². The van der Waals surface area contributed by atoms with Crippen molar-refractivity contribution in [1.82, 2.24) is 19.6 Å². The molecule has 0 spiro atoms. The lowest BCUT2D eigenvalue weighted by molar-refractivity contribution is 0.269. The second-order valence-corrected chi connectivity index (χ2v) is 7.54. The Morgan fingerprint density at radius 2 is 1.87 bits per heavy atom. The van der Waals surface area contributed by atoms with Crippen LogP contribution in [-0.4, -0.2) is 37.3 Å². The number of benzene rings is 2. The molecule has 156 valence electrons. The highest BCUT2D eigenvalue weighted by atomic mass is 19.1. The Morgan fingerprint density at radius 1 is 1.10 bits per heavy atom. The molecule has 2 N–H and O–H groups in total. The van der Waals surface area contributed by atoms with Crippen LogP contribution >= 0.6 is 0 Å². The smallest absolute Gasteiger partial charge is 0.271 e. The molecular formula is C23H20FN5O2. The maximum Gasteiger partial charge on any atom is 0.271 e. The maximum atomic E-state index is 13.5. The van der Waals surface area contributed by atoms with E-state index in [1.165, 1.54) is 22.9 Å². The van der Waals surface area contributed by atoms with Crippen LogP contribution in [0.2, 0.25) is 0 Å². The number of anilines is 1. The molecule has 0 unspecified atom stereocenters. The van der Waals surface area contributed by atoms with Gasteiger partial charge in [0.25, 0.3) is 5.56 Å². The monoisotopic (exact) mass is 417 g/mol. The summed E-state index contributed by atoms with van der Waals surface area (Å²) in [6.07, 6.45) is 0. The van der Waals surface area contributed by atoms with E-state index in [9.17, 15) is 14.3 Å². The molecule has 31 heavy (non-hydrogen) atoms. The SMILES string of the molecule is Cc1ccccc1-n1nc(-c2c(-c3ccc(F)cc3)nn3c2N[C@H](CO)C3)ccc1=O. The van der Waals surface area contributed by atoms with E-state index in [2.05, 4.69) is 10.4 Å². The van der Waals surface area contributed by atoms with Crippen molar-refractivity contribution in [3.05, 3.63) is 82.4 Å². The molecular weight excluding hydrogens is 397 g/mol. The second kappa shape index (κ2) is 7.48. The third kappa shape index (κ3) is 3.30. The van der Waals surface area contributed by atoms with Gasteiger partial charge in [-0.15, -0.1) is 0 Å². The lowest BCUT2D eigenvalue weighted by atomic mass is 10.0. The third-order valence-electron chi connectivity index (χ3n) is 5.42. The molecule has 0 amide bonds. The fourth-order valence-corrected chi connectivity index (χ4v) is 3.86. The molecule has 0 bridgehead atoms. The summed E-state index contributed by atoms with van der Waals surface area (Å²) < 4.78 is 16.6. The van der Waals surface area contributed by atoms with Gasteiger partial charge in [0.2, 0.25) is 0 Å². The summed E-state index contributed by atoms with van der Waals surface area (Å²) in [5, 5.41) is 22.2. The fraction of sp³-hybridized carbons (Fsp3) is 0.174. The van der Waals surface area contributed by atoms with Gasteiger partial charge in [-0.05, 0) is 48.9 Å². The van der Waals surface area contributed by atoms with Gasteiger partial charge in [-0.2, -0.15) is 14.9 Å². The number of aryl methyl sites for hydroxylation is 1. The first-order chi connectivity index (χ1) is 15.0. The highest BCUT2D eigenvalue weighted by molar-refractivity contribution is 5.88. The van der Waals surface area contributed by atoms with Crippen LogP contribution in [0, 0.1) is 12.7 Å². The van der Waals surface area contributed by atoms with Gasteiger partial charge in [-0.1, -0.05) is 18.2 Å². The number of aromatic nitrogens is 4. The van der Waals surface area contributed by atoms with Crippen LogP contribution in [0.4, 0.5) is 10.2 Å². The largest absolute Gasteiger partial charge is 0.394 e. The van der Waals surface area contributed by atoms with Gasteiger partial charge in [-0.3, -0.25) is 4.79 Å². The van der Waals surface area contributed by atoms with Crippen molar-refractivity contribution in [3.8, 4) is 28.2 Å². The number of rotatable bonds is 4. The average molecular weight is 417 g/mol. The predicted octanol–water partition coefficient (Wildman–Crippen LogP) is 3.00. The Hall–Kier alpha value is -3.78. The van der Waals surface area contributed by atoms with E-state index in [-0.39, 0.29) is 24.0 Å². The lowest BCUT2D eigenvalue weighted by Gasteiger charge is -2.12. The van der Waals surface area contributed by atoms with E-state index in [1.807, 2.05) is 31.2 Å². The zero-order chi connectivity index (χ0) is 21.5. The number of para-hydroxylation sites is 1. The van der Waals surface area contributed by atoms with E-state index in [0.717, 1.165) is 11.1 Å². The molecule has 1 atom stereocenters. The molecule has 0 fully saturated rings. The van der Waals surface area contributed by atoms with Crippen molar-refractivity contribution >= 4 is 5.82 Å². The molecule has 0 saturated heterocycles. The lowest BCUT2D eigenvalue weighted by Crippen LogP contribution is -2.22. The Bertz CT molecular complexity index is 1330. The summed E-state index contributed by atoms with van der Waals surface area (Å²) in [7, 11) is 0. The zero-order valence-electron chi connectivity index (χ0n) is 16.8. The minimum absolute atomic E-state index is 0.0369. The Kier molecular flexibility index (Phi) is 4.63. The molecule has 1 aliphatic heterocycles. The van der Waals surface area contributed by atoms with Gasteiger partial charge in [0.1, 0.15) is 17.3 Å². The van der Waals surface area contributed by atoms with E-state index < -0.39 is 0 Å². The standard InChI is InChI=1S/C23H20FN5O2/c1-14-4-2-3-5-19(14)29-20(31)11-10-18(26-29)21-22(15-6-8-16(24)9-7-15)27-28-12-17(13-30)25-23(21)28/h2-11,17,25,30H,12-13H2,1H3/t17-/m0/s1. The maximum absolute atomic E-state index is 13.5. The second-order valence-electron chi connectivity index (χ2n) is 7.54. The molecule has 0 saturated carbocycles. The predicted molar refractivity (Wildman–Crippen MR) is 116 cm³/mol. The first-order valence-electron chi connectivity index (χ1n) is 9.96. The molecule has 1 aliphatic rings. The summed E-state index contributed by atoms with van der Waals surface area (Å²) in [5.41, 5.74) is 3.98. The minimum atomic E-state index is -0.332. The number of nitrogens with one attached hydrogen (secondary N) is 1. The molecule has 7 nitrogen and oxygen atoms in total. The van der Waals surface area contributed by atoms with Crippen LogP contribution < -0.4 is 10.9 Å². The van der Waals surface area contributed by atoms with Crippen LogP contribution in [0.5, 0.6) is 0 Å². The number of aliphatic hydroxyl groups excluding tert-OH is 1. The number of aliphatic hydroxyl groups is 1. The van der Waals surface area contributed by atoms with E-state index in [0.29, 0.717) is 35.0 Å². The van der Waals surface area contributed by atoms with Crippen molar-refractivity contribution < 1.29 is 9.50 Å². The highest BCUT2D eigenvalue weighted by Crippen LogP contribution is 2.39. The van der Waals surface area contributed by atoms with E-state index >= 15 is 0 Å². The zero-order valence-corrected chi connectivity index (χ0v) is 16.8. The summed E-state index contributed by atoms with van der Waals surface area (Å²) in [6, 6.07) is 16.6. The van der Waals surface area contributed by atoms with Crippen molar-refractivity contribution in [2.45, 2.75) is 19.5 Å². The van der Waals surface area contributed by atoms with Crippen LogP contribution in [0.15, 0.2) is 65.5 Å². The highest BCUT2D eigenvalue weighted by Gasteiger charge is 2.29. The molecule has 4 aromatic rings. The van der Waals surface area contributed by atoms with Gasteiger partial charge >= 0.3 is 0 Å². The number of fused-ring (bicyclic) bond motifs is 1. The van der Waals surface area contributed by atoms with Crippen molar-refractivity contribution in [2.75, 3.05) is 11.9 Å². The quantitative estimate of drug-likeness (QED) is 0.533. The van der Waals surface area contributed by atoms with Gasteiger partial charge in [0, 0.05) is 11.6 Å². The molecule has 0 radical (unpaired) electrons. The first-order valence-corrected chi connectivity index (χ1v) is 9.96. The Balaban J connectivity index is 1.72. The number of hydrogen-bond acceptors (Lipinski definition) is 5. The van der Waals surface area contributed by atoms with Crippen LogP contribution in [0.1, 0.15) is 5.56 Å². The number of nitrogens with zero attached hydrogens (tertiary/aromatic N) is 4. The summed E-state index contributed by atoms with van der Waals surface area (Å²) in [6.45, 7) is 2.38. The van der Waals surface area contributed by atoms with Crippen molar-refractivity contribution in [1.29, 1.82) is 0 Å². The number of hydrogen-bond donors (Lipinski definition) is 2. The number of halogens is 1. The van der Waals surface area contributed by atoms with Gasteiger partial charge in [-0.25, -0.2) is 9.07 Å². The summed E-state index contributed by atoms with van der Waals surface area (Å²) in [5.74, 6) is 0.377. The first kappa shape index (κ1) is 19.2. The van der Waals surface area contributed by atoms with Gasteiger partial charge in [0.15, 0.2) is 0 Å². The fourth-order valence-electron chi connectivity index (χ4n) is 3.86. The van der Waals surface area contributed by atoms with Crippen LogP contribution in [-0.2, 0) is 6.54 Å². The van der Waals surface area contributed by atoms with Crippen LogP contribution in [0.3, 0.4) is 0 Å². The van der Waals surface area contributed by atoms with Crippen molar-refractivity contribution in [2.24, 2.45) is 0 Å². The summed E-state index contributed by atoms with van der Waals surface area (Å²) in [4.78, 5) is 12.6. The Labute approximate surface area is 177 Å². The molecule has 3 heterocycles. The minimum Gasteiger partial charge on any atom is -0.394 e. The molecule has 2 aromatic carbocycles. The average Bonchev–Trinajstić information content (AvgIpc) is 3.33. The van der Waals surface area contributed by atoms with Crippen molar-refractivity contribution in [3.63, 3.8) is 0 Å². The molecule has 2 aromatic heterocycles. The molecule has 8 heteroatoms. The normalized spacial score (nSPS) is 15.0. The third-order valence-corrected chi connectivity index (χ3v) is 5.42. The van der Waals surface area contributed by atoms with Gasteiger partial charge in [0.05, 0.1) is 36.1 Å². The van der Waals surface area contributed by atoms with Gasteiger partial charge < -0.3 is 10.4 Å². The summed E-state index contributed by atoms with van der Waals surface area (Å²) >= 11 is 0. The Morgan fingerprint density at radius 3 is 2.61 bits per heavy atom. The van der Waals surface area contributed by atoms with E-state index in [1.54, 1.807) is 22.9 Å². The topological polar surface area (TPSA) is 85.0 Å². The van der Waals surface area contributed by atoms with E-state index in [4.69, 9.17) is 5.10 Å². The molecule has 5 rings (SSSR count).